The first-order chi connectivity index (χ1) is 9.11. The predicted molar refractivity (Wildman–Crippen MR) is 71.8 cm³/mol. The minimum atomic E-state index is -0.513. The van der Waals surface area contributed by atoms with E-state index in [2.05, 4.69) is 0 Å². The van der Waals surface area contributed by atoms with Gasteiger partial charge in [-0.1, -0.05) is 12.1 Å². The van der Waals surface area contributed by atoms with Gasteiger partial charge >= 0.3 is 0 Å². The molecule has 0 bridgehead atoms. The molecule has 1 aliphatic heterocycles. The average Bonchev–Trinajstić information content (AvgIpc) is 2.39. The Balaban J connectivity index is 1.99. The summed E-state index contributed by atoms with van der Waals surface area (Å²) in [5.41, 5.74) is 6.24. The van der Waals surface area contributed by atoms with Crippen molar-refractivity contribution in [3.05, 3.63) is 29.8 Å². The van der Waals surface area contributed by atoms with Crippen molar-refractivity contribution in [1.29, 1.82) is 0 Å². The molecule has 1 aromatic carbocycles. The monoisotopic (exact) mass is 264 g/mol. The summed E-state index contributed by atoms with van der Waals surface area (Å²) in [7, 11) is 3.43. The van der Waals surface area contributed by atoms with Gasteiger partial charge in [0.25, 0.3) is 0 Å². The average molecular weight is 264 g/mol. The van der Waals surface area contributed by atoms with Crippen LogP contribution in [0.15, 0.2) is 24.3 Å². The van der Waals surface area contributed by atoms with E-state index in [0.29, 0.717) is 26.3 Å². The number of carbonyl (C=O) groups excluding carboxylic acids is 1. The molecule has 0 spiro atoms. The fraction of sp³-hybridized carbons (Fsp3) is 0.500. The van der Waals surface area contributed by atoms with Gasteiger partial charge in [0, 0.05) is 20.1 Å². The number of hydrogen-bond acceptors (Lipinski definition) is 4. The van der Waals surface area contributed by atoms with E-state index in [1.54, 1.807) is 19.1 Å². The number of methoxy groups -OCH3 is 1. The lowest BCUT2D eigenvalue weighted by Gasteiger charge is -2.41. The maximum atomic E-state index is 12.3. The van der Waals surface area contributed by atoms with Gasteiger partial charge in [0.2, 0.25) is 5.91 Å². The van der Waals surface area contributed by atoms with Crippen LogP contribution in [0.1, 0.15) is 5.56 Å². The lowest BCUT2D eigenvalue weighted by atomic mass is 9.84. The largest absolute Gasteiger partial charge is 0.497 e. The topological polar surface area (TPSA) is 64.8 Å². The van der Waals surface area contributed by atoms with Crippen LogP contribution in [0.3, 0.4) is 0 Å². The third-order valence-electron chi connectivity index (χ3n) is 3.53. The van der Waals surface area contributed by atoms with E-state index >= 15 is 0 Å². The van der Waals surface area contributed by atoms with Gasteiger partial charge in [-0.2, -0.15) is 0 Å². The first kappa shape index (κ1) is 13.8. The fourth-order valence-corrected chi connectivity index (χ4v) is 2.16. The number of rotatable bonds is 5. The number of nitrogens with two attached hydrogens (primary N) is 1. The minimum absolute atomic E-state index is 0.0528. The standard InChI is InChI=1S/C14H20N2O3/c1-16(13(17)14(8-15)9-19-10-14)7-11-3-5-12(18-2)6-4-11/h3-6H,7-10,15H2,1-2H3. The van der Waals surface area contributed by atoms with E-state index in [0.717, 1.165) is 11.3 Å². The molecule has 104 valence electrons. The van der Waals surface area contributed by atoms with Crippen molar-refractivity contribution in [1.82, 2.24) is 4.90 Å². The first-order valence-electron chi connectivity index (χ1n) is 6.27. The Hall–Kier alpha value is -1.59. The quantitative estimate of drug-likeness (QED) is 0.847. The number of ether oxygens (including phenoxy) is 2. The van der Waals surface area contributed by atoms with Crippen LogP contribution in [-0.4, -0.2) is 44.7 Å². The van der Waals surface area contributed by atoms with Crippen LogP contribution in [0.5, 0.6) is 5.75 Å². The zero-order valence-corrected chi connectivity index (χ0v) is 11.4. The van der Waals surface area contributed by atoms with Gasteiger partial charge in [-0.3, -0.25) is 4.79 Å². The molecule has 1 aromatic rings. The first-order valence-corrected chi connectivity index (χ1v) is 6.27. The van der Waals surface area contributed by atoms with E-state index in [1.807, 2.05) is 24.3 Å². The zero-order chi connectivity index (χ0) is 13.9. The molecular weight excluding hydrogens is 244 g/mol. The molecule has 19 heavy (non-hydrogen) atoms. The van der Waals surface area contributed by atoms with Crippen molar-refractivity contribution in [3.63, 3.8) is 0 Å². The molecule has 0 unspecified atom stereocenters. The molecule has 1 saturated heterocycles. The molecule has 5 heteroatoms. The van der Waals surface area contributed by atoms with Gasteiger partial charge in [-0.05, 0) is 17.7 Å². The Morgan fingerprint density at radius 2 is 2.05 bits per heavy atom. The van der Waals surface area contributed by atoms with Gasteiger partial charge in [0.1, 0.15) is 11.2 Å². The molecule has 1 aliphatic rings. The summed E-state index contributed by atoms with van der Waals surface area (Å²) in [5.74, 6) is 0.862. The number of amides is 1. The van der Waals surface area contributed by atoms with Crippen LogP contribution in [0, 0.1) is 5.41 Å². The molecule has 1 amide bonds. The van der Waals surface area contributed by atoms with Gasteiger partial charge in [0.05, 0.1) is 20.3 Å². The van der Waals surface area contributed by atoms with Gasteiger partial charge in [0.15, 0.2) is 0 Å². The SMILES string of the molecule is COc1ccc(CN(C)C(=O)C2(CN)COC2)cc1. The lowest BCUT2D eigenvalue weighted by Crippen LogP contribution is -2.58. The van der Waals surface area contributed by atoms with Crippen LogP contribution in [0.25, 0.3) is 0 Å². The third kappa shape index (κ3) is 2.72. The molecule has 1 heterocycles. The highest BCUT2D eigenvalue weighted by atomic mass is 16.5. The number of hydrogen-bond donors (Lipinski definition) is 1. The molecule has 1 fully saturated rings. The highest BCUT2D eigenvalue weighted by molar-refractivity contribution is 5.84. The second kappa shape index (κ2) is 5.59. The van der Waals surface area contributed by atoms with Crippen LogP contribution >= 0.6 is 0 Å². The zero-order valence-electron chi connectivity index (χ0n) is 11.4. The Morgan fingerprint density at radius 1 is 1.42 bits per heavy atom. The summed E-state index contributed by atoms with van der Waals surface area (Å²) in [4.78, 5) is 14.1. The van der Waals surface area contributed by atoms with Crippen LogP contribution < -0.4 is 10.5 Å². The number of benzene rings is 1. The molecule has 5 nitrogen and oxygen atoms in total. The van der Waals surface area contributed by atoms with Crippen LogP contribution in [0.2, 0.25) is 0 Å². The van der Waals surface area contributed by atoms with Gasteiger partial charge in [-0.25, -0.2) is 0 Å². The molecule has 0 aromatic heterocycles. The fourth-order valence-electron chi connectivity index (χ4n) is 2.16. The van der Waals surface area contributed by atoms with Crippen molar-refractivity contribution in [2.24, 2.45) is 11.1 Å². The van der Waals surface area contributed by atoms with Crippen LogP contribution in [-0.2, 0) is 16.1 Å². The highest BCUT2D eigenvalue weighted by Gasteiger charge is 2.46. The second-order valence-corrected chi connectivity index (χ2v) is 4.99. The second-order valence-electron chi connectivity index (χ2n) is 4.99. The molecule has 0 aliphatic carbocycles. The normalized spacial score (nSPS) is 16.6. The highest BCUT2D eigenvalue weighted by Crippen LogP contribution is 2.28. The Labute approximate surface area is 113 Å². The van der Waals surface area contributed by atoms with Gasteiger partial charge < -0.3 is 20.1 Å². The van der Waals surface area contributed by atoms with E-state index in [-0.39, 0.29) is 5.91 Å². The number of carbonyl (C=O) groups is 1. The molecular formula is C14H20N2O3. The van der Waals surface area contributed by atoms with Crippen molar-refractivity contribution < 1.29 is 14.3 Å². The Morgan fingerprint density at radius 3 is 2.47 bits per heavy atom. The predicted octanol–water partition coefficient (Wildman–Crippen LogP) is 0.629. The van der Waals surface area contributed by atoms with Crippen molar-refractivity contribution in [2.75, 3.05) is 33.9 Å². The molecule has 2 N–H and O–H groups in total. The summed E-state index contributed by atoms with van der Waals surface area (Å²) in [5, 5.41) is 0. The Kier molecular flexibility index (Phi) is 4.07. The van der Waals surface area contributed by atoms with E-state index in [4.69, 9.17) is 15.2 Å². The number of nitrogens with zero attached hydrogens (tertiary/aromatic N) is 1. The summed E-state index contributed by atoms with van der Waals surface area (Å²) in [6.45, 7) is 1.74. The third-order valence-corrected chi connectivity index (χ3v) is 3.53. The molecule has 2 rings (SSSR count). The van der Waals surface area contributed by atoms with Crippen molar-refractivity contribution in [2.45, 2.75) is 6.54 Å². The summed E-state index contributed by atoms with van der Waals surface area (Å²) >= 11 is 0. The lowest BCUT2D eigenvalue weighted by molar-refractivity contribution is -0.169. The van der Waals surface area contributed by atoms with Gasteiger partial charge in [-0.15, -0.1) is 0 Å². The Bertz CT molecular complexity index is 435. The molecule has 0 radical (unpaired) electrons. The van der Waals surface area contributed by atoms with E-state index in [1.165, 1.54) is 0 Å². The van der Waals surface area contributed by atoms with E-state index in [9.17, 15) is 4.79 Å². The summed E-state index contributed by atoms with van der Waals surface area (Å²) < 4.78 is 10.2. The molecule has 0 saturated carbocycles. The summed E-state index contributed by atoms with van der Waals surface area (Å²) in [6.07, 6.45) is 0. The maximum absolute atomic E-state index is 12.3. The van der Waals surface area contributed by atoms with Crippen molar-refractivity contribution >= 4 is 5.91 Å². The summed E-state index contributed by atoms with van der Waals surface area (Å²) in [6, 6.07) is 7.68. The van der Waals surface area contributed by atoms with Crippen molar-refractivity contribution in [3.8, 4) is 5.75 Å². The molecule has 0 atom stereocenters. The van der Waals surface area contributed by atoms with Crippen LogP contribution in [0.4, 0.5) is 0 Å². The maximum Gasteiger partial charge on any atom is 0.234 e. The van der Waals surface area contributed by atoms with E-state index < -0.39 is 5.41 Å². The smallest absolute Gasteiger partial charge is 0.234 e. The minimum Gasteiger partial charge on any atom is -0.497 e.